The highest BCUT2D eigenvalue weighted by Gasteiger charge is 2.16. The van der Waals surface area contributed by atoms with Crippen LogP contribution in [0.4, 0.5) is 0 Å². The van der Waals surface area contributed by atoms with Crippen molar-refractivity contribution in [2.24, 2.45) is 5.10 Å². The van der Waals surface area contributed by atoms with Gasteiger partial charge < -0.3 is 4.18 Å². The summed E-state index contributed by atoms with van der Waals surface area (Å²) in [5, 5.41) is 11.4. The molecule has 0 bridgehead atoms. The topological polar surface area (TPSA) is 86.4 Å². The third-order valence-electron chi connectivity index (χ3n) is 3.12. The Morgan fingerprint density at radius 1 is 1.08 bits per heavy atom. The number of rotatable bonds is 5. The van der Waals surface area contributed by atoms with Crippen molar-refractivity contribution in [3.63, 3.8) is 0 Å². The van der Waals surface area contributed by atoms with Crippen molar-refractivity contribution >= 4 is 16.3 Å². The van der Waals surface area contributed by atoms with Gasteiger partial charge in [-0.25, -0.2) is 4.68 Å². The van der Waals surface area contributed by atoms with E-state index < -0.39 is 10.1 Å². The van der Waals surface area contributed by atoms with Gasteiger partial charge in [0, 0.05) is 0 Å². The lowest BCUT2D eigenvalue weighted by molar-refractivity contribution is 0.486. The molecule has 0 saturated carbocycles. The second-order valence-electron chi connectivity index (χ2n) is 5.01. The molecule has 0 saturated heterocycles. The highest BCUT2D eigenvalue weighted by molar-refractivity contribution is 7.87. The van der Waals surface area contributed by atoms with Crippen LogP contribution in [0.1, 0.15) is 11.1 Å². The van der Waals surface area contributed by atoms with Crippen LogP contribution in [0, 0.1) is 6.92 Å². The van der Waals surface area contributed by atoms with E-state index in [4.69, 9.17) is 4.18 Å². The van der Waals surface area contributed by atoms with Gasteiger partial charge in [-0.15, -0.1) is 10.2 Å². The number of nitrogens with zero attached hydrogens (tertiary/aromatic N) is 4. The number of hydrogen-bond acceptors (Lipinski definition) is 6. The first-order valence-electron chi connectivity index (χ1n) is 7.03. The Morgan fingerprint density at radius 3 is 2.50 bits per heavy atom. The molecule has 0 amide bonds. The largest absolute Gasteiger partial charge is 0.379 e. The summed E-state index contributed by atoms with van der Waals surface area (Å²) in [5.74, 6) is 0.211. The van der Waals surface area contributed by atoms with Gasteiger partial charge in [-0.2, -0.15) is 13.5 Å². The van der Waals surface area contributed by atoms with Gasteiger partial charge >= 0.3 is 10.1 Å². The number of benzene rings is 2. The van der Waals surface area contributed by atoms with E-state index in [0.29, 0.717) is 5.56 Å². The fourth-order valence-corrected chi connectivity index (χ4v) is 2.84. The molecule has 8 heteroatoms. The molecule has 1 heterocycles. The van der Waals surface area contributed by atoms with Gasteiger partial charge in [-0.05, 0) is 36.8 Å². The van der Waals surface area contributed by atoms with Crippen molar-refractivity contribution in [2.45, 2.75) is 11.8 Å². The molecular formula is C16H14N4O3S. The molecule has 24 heavy (non-hydrogen) atoms. The van der Waals surface area contributed by atoms with Crippen molar-refractivity contribution in [1.82, 2.24) is 14.9 Å². The van der Waals surface area contributed by atoms with E-state index in [0.717, 1.165) is 5.56 Å². The molecule has 0 aliphatic rings. The Labute approximate surface area is 139 Å². The van der Waals surface area contributed by atoms with Gasteiger partial charge in [0.05, 0.1) is 6.21 Å². The minimum absolute atomic E-state index is 0.108. The fourth-order valence-electron chi connectivity index (χ4n) is 1.91. The van der Waals surface area contributed by atoms with E-state index in [1.807, 2.05) is 6.92 Å². The molecule has 0 atom stereocenters. The van der Waals surface area contributed by atoms with Gasteiger partial charge in [0.25, 0.3) is 0 Å². The summed E-state index contributed by atoms with van der Waals surface area (Å²) in [6.07, 6.45) is 4.44. The summed E-state index contributed by atoms with van der Waals surface area (Å²) in [5.41, 5.74) is 1.65. The zero-order valence-corrected chi connectivity index (χ0v) is 13.6. The standard InChI is InChI=1S/C16H14N4O3S/c1-13-5-7-16(8-6-13)24(21,22)23-15-4-2-3-14(9-15)10-19-20-11-17-18-12-20/h2-12H,1H3/b19-10+. The summed E-state index contributed by atoms with van der Waals surface area (Å²) < 4.78 is 31.2. The predicted octanol–water partition coefficient (Wildman–Crippen LogP) is 2.24. The molecule has 0 radical (unpaired) electrons. The van der Waals surface area contributed by atoms with E-state index in [1.165, 1.54) is 29.5 Å². The van der Waals surface area contributed by atoms with Gasteiger partial charge in [0.2, 0.25) is 0 Å². The molecule has 1 aromatic heterocycles. The lowest BCUT2D eigenvalue weighted by atomic mass is 10.2. The van der Waals surface area contributed by atoms with Crippen molar-refractivity contribution in [3.8, 4) is 5.75 Å². The molecule has 2 aromatic carbocycles. The van der Waals surface area contributed by atoms with Crippen LogP contribution in [0.25, 0.3) is 0 Å². The van der Waals surface area contributed by atoms with E-state index in [-0.39, 0.29) is 10.6 Å². The minimum Gasteiger partial charge on any atom is -0.379 e. The lowest BCUT2D eigenvalue weighted by Gasteiger charge is -2.07. The maximum atomic E-state index is 12.3. The lowest BCUT2D eigenvalue weighted by Crippen LogP contribution is -2.09. The van der Waals surface area contributed by atoms with Crippen LogP contribution < -0.4 is 4.18 Å². The third-order valence-corrected chi connectivity index (χ3v) is 4.38. The maximum Gasteiger partial charge on any atom is 0.339 e. The van der Waals surface area contributed by atoms with Crippen LogP contribution in [0.3, 0.4) is 0 Å². The van der Waals surface area contributed by atoms with Gasteiger partial charge in [0.15, 0.2) is 0 Å². The summed E-state index contributed by atoms with van der Waals surface area (Å²) in [7, 11) is -3.87. The molecule has 0 fully saturated rings. The van der Waals surface area contributed by atoms with Gasteiger partial charge in [-0.3, -0.25) is 0 Å². The Kier molecular flexibility index (Phi) is 4.39. The van der Waals surface area contributed by atoms with E-state index in [1.54, 1.807) is 42.6 Å². The second kappa shape index (κ2) is 6.63. The molecule has 7 nitrogen and oxygen atoms in total. The van der Waals surface area contributed by atoms with E-state index in [9.17, 15) is 8.42 Å². The molecule has 0 aliphatic heterocycles. The van der Waals surface area contributed by atoms with Crippen LogP contribution >= 0.6 is 0 Å². The smallest absolute Gasteiger partial charge is 0.339 e. The van der Waals surface area contributed by atoms with Crippen molar-refractivity contribution in [1.29, 1.82) is 0 Å². The Bertz CT molecular complexity index is 949. The predicted molar refractivity (Wildman–Crippen MR) is 88.4 cm³/mol. The minimum atomic E-state index is -3.87. The van der Waals surface area contributed by atoms with Gasteiger partial charge in [-0.1, -0.05) is 29.8 Å². The normalized spacial score (nSPS) is 11.7. The Balaban J connectivity index is 1.80. The van der Waals surface area contributed by atoms with Crippen LogP contribution in [0.15, 0.2) is 71.2 Å². The van der Waals surface area contributed by atoms with Crippen LogP contribution in [0.5, 0.6) is 5.75 Å². The van der Waals surface area contributed by atoms with Crippen LogP contribution in [-0.4, -0.2) is 29.5 Å². The van der Waals surface area contributed by atoms with Crippen molar-refractivity contribution < 1.29 is 12.6 Å². The van der Waals surface area contributed by atoms with Crippen molar-refractivity contribution in [2.75, 3.05) is 0 Å². The van der Waals surface area contributed by atoms with Crippen molar-refractivity contribution in [3.05, 3.63) is 72.3 Å². The first-order valence-corrected chi connectivity index (χ1v) is 8.44. The molecule has 0 spiro atoms. The monoisotopic (exact) mass is 342 g/mol. The average Bonchev–Trinajstić information content (AvgIpc) is 3.07. The quantitative estimate of drug-likeness (QED) is 0.524. The first kappa shape index (κ1) is 15.9. The second-order valence-corrected chi connectivity index (χ2v) is 6.56. The Morgan fingerprint density at radius 2 is 1.79 bits per heavy atom. The summed E-state index contributed by atoms with van der Waals surface area (Å²) in [4.78, 5) is 0.108. The summed E-state index contributed by atoms with van der Waals surface area (Å²) in [6, 6.07) is 13.1. The third kappa shape index (κ3) is 3.85. The Hall–Kier alpha value is -3.00. The average molecular weight is 342 g/mol. The molecule has 0 N–H and O–H groups in total. The molecule has 0 unspecified atom stereocenters. The molecule has 122 valence electrons. The van der Waals surface area contributed by atoms with E-state index in [2.05, 4.69) is 15.3 Å². The number of aromatic nitrogens is 3. The molecule has 3 aromatic rings. The summed E-state index contributed by atoms with van der Waals surface area (Å²) >= 11 is 0. The highest BCUT2D eigenvalue weighted by Crippen LogP contribution is 2.19. The number of aryl methyl sites for hydroxylation is 1. The highest BCUT2D eigenvalue weighted by atomic mass is 32.2. The first-order chi connectivity index (χ1) is 11.5. The molecule has 3 rings (SSSR count). The number of hydrogen-bond donors (Lipinski definition) is 0. The maximum absolute atomic E-state index is 12.3. The van der Waals surface area contributed by atoms with Gasteiger partial charge in [0.1, 0.15) is 23.3 Å². The molecular weight excluding hydrogens is 328 g/mol. The zero-order chi connectivity index (χ0) is 17.0. The fraction of sp³-hybridized carbons (Fsp3) is 0.0625. The molecule has 0 aliphatic carbocycles. The SMILES string of the molecule is Cc1ccc(S(=O)(=O)Oc2cccc(/C=N/n3cnnc3)c2)cc1. The van der Waals surface area contributed by atoms with Crippen LogP contribution in [-0.2, 0) is 10.1 Å². The van der Waals surface area contributed by atoms with E-state index >= 15 is 0 Å². The zero-order valence-electron chi connectivity index (χ0n) is 12.8. The summed E-state index contributed by atoms with van der Waals surface area (Å²) in [6.45, 7) is 1.88. The van der Waals surface area contributed by atoms with Crippen LogP contribution in [0.2, 0.25) is 0 Å².